The van der Waals surface area contributed by atoms with Crippen molar-refractivity contribution in [1.29, 1.82) is 5.26 Å². The van der Waals surface area contributed by atoms with E-state index >= 15 is 0 Å². The molecule has 3 aromatic rings. The van der Waals surface area contributed by atoms with Gasteiger partial charge in [-0.25, -0.2) is 9.78 Å². The Morgan fingerprint density at radius 1 is 1.40 bits per heavy atom. The Kier molecular flexibility index (Phi) is 5.90. The molecule has 0 N–H and O–H groups in total. The Morgan fingerprint density at radius 2 is 2.23 bits per heavy atom. The minimum Gasteiger partial charge on any atom is -0.451 e. The maximum Gasteiger partial charge on any atom is 0.409 e. The van der Waals surface area contributed by atoms with E-state index in [2.05, 4.69) is 15.1 Å². The van der Waals surface area contributed by atoms with E-state index in [9.17, 15) is 4.79 Å². The average Bonchev–Trinajstić information content (AvgIpc) is 3.43. The molecule has 10 heteroatoms. The van der Waals surface area contributed by atoms with Gasteiger partial charge in [0.15, 0.2) is 17.3 Å². The normalized spacial score (nSPS) is 14.7. The smallest absolute Gasteiger partial charge is 0.409 e. The van der Waals surface area contributed by atoms with Gasteiger partial charge < -0.3 is 23.3 Å². The van der Waals surface area contributed by atoms with Gasteiger partial charge in [0.1, 0.15) is 18.3 Å². The lowest BCUT2D eigenvalue weighted by atomic mass is 10.1. The zero-order valence-electron chi connectivity index (χ0n) is 16.5. The van der Waals surface area contributed by atoms with Crippen LogP contribution in [0.4, 0.5) is 4.79 Å². The Hall–Kier alpha value is -3.45. The molecule has 4 rings (SSSR count). The highest BCUT2D eigenvalue weighted by Crippen LogP contribution is 2.28. The molecule has 0 bridgehead atoms. The Bertz CT molecular complexity index is 1060. The zero-order valence-corrected chi connectivity index (χ0v) is 16.5. The maximum atomic E-state index is 11.9. The molecule has 4 heterocycles. The molecule has 0 aromatic carbocycles. The Labute approximate surface area is 172 Å². The molecule has 1 amide bonds. The molecule has 0 spiro atoms. The highest BCUT2D eigenvalue weighted by Gasteiger charge is 2.25. The molecule has 30 heavy (non-hydrogen) atoms. The summed E-state index contributed by atoms with van der Waals surface area (Å²) in [5, 5.41) is 13.7. The number of furan rings is 1. The third kappa shape index (κ3) is 4.26. The summed E-state index contributed by atoms with van der Waals surface area (Å²) in [5.74, 6) is 0.975. The van der Waals surface area contributed by atoms with E-state index in [1.54, 1.807) is 17.0 Å². The van der Waals surface area contributed by atoms with Crippen molar-refractivity contribution in [3.05, 3.63) is 29.8 Å². The first-order valence-corrected chi connectivity index (χ1v) is 9.83. The van der Waals surface area contributed by atoms with E-state index in [0.717, 1.165) is 19.3 Å². The van der Waals surface area contributed by atoms with Gasteiger partial charge in [-0.05, 0) is 25.3 Å². The molecule has 1 fully saturated rings. The van der Waals surface area contributed by atoms with Crippen molar-refractivity contribution in [2.24, 2.45) is 0 Å². The van der Waals surface area contributed by atoms with Crippen LogP contribution in [0.25, 0.3) is 22.6 Å². The lowest BCUT2D eigenvalue weighted by Crippen LogP contribution is -2.41. The number of hydrogen-bond donors (Lipinski definition) is 0. The number of aromatic nitrogens is 3. The maximum absolute atomic E-state index is 11.9. The van der Waals surface area contributed by atoms with Gasteiger partial charge in [0.2, 0.25) is 0 Å². The second-order valence-electron chi connectivity index (χ2n) is 6.92. The van der Waals surface area contributed by atoms with Crippen LogP contribution < -0.4 is 0 Å². The number of ether oxygens (including phenoxy) is 2. The standard InChI is InChI=1S/C20H21N5O5/c1-2-9-27-20(26)25-7-4-13(5-8-25)28-12-18-23-19(30-24-18)17-10-14-15(11-21)22-6-3-16(14)29-17/h3,6,10,13H,2,4-5,7-9,12H2,1H3. The van der Waals surface area contributed by atoms with Crippen molar-refractivity contribution in [2.45, 2.75) is 38.9 Å². The Balaban J connectivity index is 1.32. The largest absolute Gasteiger partial charge is 0.451 e. The summed E-state index contributed by atoms with van der Waals surface area (Å²) in [6.07, 6.45) is 3.51. The van der Waals surface area contributed by atoms with Crippen LogP contribution in [0, 0.1) is 11.3 Å². The molecule has 0 saturated carbocycles. The summed E-state index contributed by atoms with van der Waals surface area (Å²) in [6.45, 7) is 3.79. The van der Waals surface area contributed by atoms with Crippen LogP contribution in [-0.2, 0) is 16.1 Å². The van der Waals surface area contributed by atoms with E-state index < -0.39 is 0 Å². The predicted molar refractivity (Wildman–Crippen MR) is 103 cm³/mol. The van der Waals surface area contributed by atoms with E-state index in [0.29, 0.717) is 42.3 Å². The molecule has 156 valence electrons. The van der Waals surface area contributed by atoms with Crippen LogP contribution in [0.1, 0.15) is 37.7 Å². The number of nitriles is 1. The van der Waals surface area contributed by atoms with Crippen LogP contribution in [-0.4, -0.2) is 51.9 Å². The monoisotopic (exact) mass is 411 g/mol. The lowest BCUT2D eigenvalue weighted by Gasteiger charge is -2.30. The molecular weight excluding hydrogens is 390 g/mol. The first-order valence-electron chi connectivity index (χ1n) is 9.83. The molecule has 0 aliphatic carbocycles. The molecule has 10 nitrogen and oxygen atoms in total. The van der Waals surface area contributed by atoms with Crippen molar-refractivity contribution >= 4 is 17.1 Å². The number of hydrogen-bond acceptors (Lipinski definition) is 9. The van der Waals surface area contributed by atoms with E-state index in [1.165, 1.54) is 6.20 Å². The fraction of sp³-hybridized carbons (Fsp3) is 0.450. The second-order valence-corrected chi connectivity index (χ2v) is 6.92. The van der Waals surface area contributed by atoms with Crippen LogP contribution in [0.3, 0.4) is 0 Å². The average molecular weight is 411 g/mol. The lowest BCUT2D eigenvalue weighted by molar-refractivity contribution is -0.00626. The summed E-state index contributed by atoms with van der Waals surface area (Å²) in [5.41, 5.74) is 0.798. The van der Waals surface area contributed by atoms with Gasteiger partial charge >= 0.3 is 6.09 Å². The highest BCUT2D eigenvalue weighted by atomic mass is 16.6. The summed E-state index contributed by atoms with van der Waals surface area (Å²) in [4.78, 5) is 21.9. The summed E-state index contributed by atoms with van der Waals surface area (Å²) in [7, 11) is 0. The Morgan fingerprint density at radius 3 is 3.00 bits per heavy atom. The minimum atomic E-state index is -0.265. The minimum absolute atomic E-state index is 0.0117. The zero-order chi connectivity index (χ0) is 20.9. The van der Waals surface area contributed by atoms with Crippen molar-refractivity contribution in [3.8, 4) is 17.7 Å². The van der Waals surface area contributed by atoms with Crippen molar-refractivity contribution < 1.29 is 23.2 Å². The van der Waals surface area contributed by atoms with E-state index in [4.69, 9.17) is 23.7 Å². The third-order valence-corrected chi connectivity index (χ3v) is 4.81. The first kappa shape index (κ1) is 19.8. The number of rotatable bonds is 6. The molecule has 1 aliphatic rings. The number of fused-ring (bicyclic) bond motifs is 1. The number of nitrogens with zero attached hydrogens (tertiary/aromatic N) is 5. The number of piperidine rings is 1. The van der Waals surface area contributed by atoms with Gasteiger partial charge in [-0.15, -0.1) is 0 Å². The highest BCUT2D eigenvalue weighted by molar-refractivity contribution is 5.85. The second kappa shape index (κ2) is 8.92. The predicted octanol–water partition coefficient (Wildman–Crippen LogP) is 3.28. The van der Waals surface area contributed by atoms with Gasteiger partial charge in [0, 0.05) is 25.4 Å². The fourth-order valence-electron chi connectivity index (χ4n) is 3.25. The SMILES string of the molecule is CCCOC(=O)N1CCC(OCc2noc(-c3cc4c(C#N)nccc4o3)n2)CC1. The number of amides is 1. The fourth-order valence-corrected chi connectivity index (χ4v) is 3.25. The summed E-state index contributed by atoms with van der Waals surface area (Å²) >= 11 is 0. The number of carbonyl (C=O) groups is 1. The van der Waals surface area contributed by atoms with Gasteiger partial charge in [0.05, 0.1) is 18.1 Å². The number of likely N-dealkylation sites (tertiary alicyclic amines) is 1. The van der Waals surface area contributed by atoms with E-state index in [1.807, 2.05) is 13.0 Å². The summed E-state index contributed by atoms with van der Waals surface area (Å²) in [6, 6.07) is 5.36. The third-order valence-electron chi connectivity index (χ3n) is 4.81. The van der Waals surface area contributed by atoms with Crippen LogP contribution in [0.2, 0.25) is 0 Å². The topological polar surface area (TPSA) is 128 Å². The quantitative estimate of drug-likeness (QED) is 0.600. The molecular formula is C20H21N5O5. The number of pyridine rings is 1. The van der Waals surface area contributed by atoms with Crippen LogP contribution in [0.5, 0.6) is 0 Å². The molecule has 0 atom stereocenters. The van der Waals surface area contributed by atoms with Crippen molar-refractivity contribution in [2.75, 3.05) is 19.7 Å². The van der Waals surface area contributed by atoms with Gasteiger partial charge in [-0.2, -0.15) is 10.2 Å². The molecule has 3 aromatic heterocycles. The van der Waals surface area contributed by atoms with Crippen molar-refractivity contribution in [1.82, 2.24) is 20.0 Å². The van der Waals surface area contributed by atoms with Crippen LogP contribution in [0.15, 0.2) is 27.3 Å². The van der Waals surface area contributed by atoms with Crippen LogP contribution >= 0.6 is 0 Å². The number of carbonyl (C=O) groups excluding carboxylic acids is 1. The van der Waals surface area contributed by atoms with Gasteiger partial charge in [0.25, 0.3) is 5.89 Å². The molecule has 1 saturated heterocycles. The molecule has 0 radical (unpaired) electrons. The summed E-state index contributed by atoms with van der Waals surface area (Å²) < 4.78 is 22.0. The van der Waals surface area contributed by atoms with Gasteiger partial charge in [-0.3, -0.25) is 0 Å². The first-order chi connectivity index (χ1) is 14.7. The van der Waals surface area contributed by atoms with E-state index in [-0.39, 0.29) is 30.4 Å². The van der Waals surface area contributed by atoms with Gasteiger partial charge in [-0.1, -0.05) is 12.1 Å². The van der Waals surface area contributed by atoms with Crippen molar-refractivity contribution in [3.63, 3.8) is 0 Å². The molecule has 0 unspecified atom stereocenters. The molecule has 1 aliphatic heterocycles.